The third-order valence-electron chi connectivity index (χ3n) is 6.39. The van der Waals surface area contributed by atoms with Gasteiger partial charge in [0.1, 0.15) is 0 Å². The summed E-state index contributed by atoms with van der Waals surface area (Å²) in [6.45, 7) is 9.04. The number of nitrogens with zero attached hydrogens (tertiary/aromatic N) is 1. The number of carbonyl (C=O) groups excluding carboxylic acids is 1. The molecule has 1 aromatic carbocycles. The zero-order chi connectivity index (χ0) is 23.5. The Hall–Kier alpha value is -2.13. The molecule has 1 amide bonds. The van der Waals surface area contributed by atoms with Gasteiger partial charge in [-0.3, -0.25) is 9.69 Å². The molecule has 2 N–H and O–H groups in total. The fourth-order valence-electron chi connectivity index (χ4n) is 4.33. The minimum atomic E-state index is -5.08. The number of carboxylic acids is 1. The summed E-state index contributed by atoms with van der Waals surface area (Å²) in [7, 11) is 0. The summed E-state index contributed by atoms with van der Waals surface area (Å²) in [5.74, 6) is -0.834. The first-order valence-corrected chi connectivity index (χ1v) is 11.0. The molecule has 2 aliphatic heterocycles. The first kappa shape index (κ1) is 24.5. The van der Waals surface area contributed by atoms with Crippen molar-refractivity contribution in [1.29, 1.82) is 0 Å². The first-order valence-electron chi connectivity index (χ1n) is 11.0. The van der Waals surface area contributed by atoms with Crippen LogP contribution in [0.5, 0.6) is 0 Å². The van der Waals surface area contributed by atoms with Gasteiger partial charge in [0, 0.05) is 44.4 Å². The molecule has 9 heteroatoms. The van der Waals surface area contributed by atoms with Crippen molar-refractivity contribution in [3.05, 3.63) is 34.9 Å². The van der Waals surface area contributed by atoms with Gasteiger partial charge in [0.2, 0.25) is 5.91 Å². The number of aliphatic carboxylic acids is 1. The number of fused-ring (bicyclic) bond motifs is 1. The van der Waals surface area contributed by atoms with Crippen LogP contribution >= 0.6 is 0 Å². The number of likely N-dealkylation sites (tertiary alicyclic amines) is 1. The molecule has 1 aromatic rings. The van der Waals surface area contributed by atoms with E-state index in [1.165, 1.54) is 29.5 Å². The Bertz CT molecular complexity index is 826. The van der Waals surface area contributed by atoms with E-state index in [-0.39, 0.29) is 5.91 Å². The third-order valence-corrected chi connectivity index (χ3v) is 6.39. The number of amides is 1. The maximum Gasteiger partial charge on any atom is 0.490 e. The average molecular weight is 457 g/mol. The smallest absolute Gasteiger partial charge is 0.475 e. The minimum Gasteiger partial charge on any atom is -0.475 e. The van der Waals surface area contributed by atoms with Crippen molar-refractivity contribution in [2.24, 2.45) is 17.8 Å². The van der Waals surface area contributed by atoms with Crippen LogP contribution in [-0.2, 0) is 20.9 Å². The maximum absolute atomic E-state index is 12.0. The molecule has 0 bridgehead atoms. The standard InChI is InChI=1S/C21H30N2O2.C2HF3O2/c1-14-3-4-15(2)17(7-14)10-23-11-19-18(13-25-20(19)12-23)9-22-21(24)8-16-5-6-16;3-2(4,5)1(6)7/h3-4,7,16,18-20H,5-6,8-13H2,1-2H3,(H,22,24);(H,6,7)/t18-,19+,20+;/m0./s1. The molecule has 0 unspecified atom stereocenters. The van der Waals surface area contributed by atoms with E-state index < -0.39 is 12.1 Å². The highest BCUT2D eigenvalue weighted by Crippen LogP contribution is 2.35. The first-order chi connectivity index (χ1) is 15.0. The highest BCUT2D eigenvalue weighted by molar-refractivity contribution is 5.76. The fourth-order valence-corrected chi connectivity index (χ4v) is 4.33. The largest absolute Gasteiger partial charge is 0.490 e. The van der Waals surface area contributed by atoms with Crippen LogP contribution in [0.25, 0.3) is 0 Å². The lowest BCUT2D eigenvalue weighted by Crippen LogP contribution is -2.34. The summed E-state index contributed by atoms with van der Waals surface area (Å²) >= 11 is 0. The second-order valence-corrected chi connectivity index (χ2v) is 9.17. The van der Waals surface area contributed by atoms with Crippen LogP contribution in [0.4, 0.5) is 13.2 Å². The van der Waals surface area contributed by atoms with Gasteiger partial charge in [0.25, 0.3) is 0 Å². The molecule has 2 saturated heterocycles. The molecule has 3 fully saturated rings. The normalized spacial score (nSPS) is 25.1. The zero-order valence-corrected chi connectivity index (χ0v) is 18.5. The second kappa shape index (κ2) is 10.2. The topological polar surface area (TPSA) is 78.9 Å². The SMILES string of the molecule is Cc1ccc(C)c(CN2C[C@@H]3[C@@H](CNC(=O)CC4CC4)CO[C@@H]3C2)c1.O=C(O)C(F)(F)F. The molecule has 0 aromatic heterocycles. The van der Waals surface area contributed by atoms with Crippen LogP contribution in [0.1, 0.15) is 36.0 Å². The molecular formula is C23H31F3N2O4. The number of carbonyl (C=O) groups is 2. The van der Waals surface area contributed by atoms with Crippen molar-refractivity contribution in [3.63, 3.8) is 0 Å². The molecule has 3 aliphatic rings. The van der Waals surface area contributed by atoms with Crippen molar-refractivity contribution in [1.82, 2.24) is 10.2 Å². The van der Waals surface area contributed by atoms with Gasteiger partial charge < -0.3 is 15.2 Å². The monoisotopic (exact) mass is 456 g/mol. The van der Waals surface area contributed by atoms with E-state index in [1.807, 2.05) is 0 Å². The third kappa shape index (κ3) is 6.93. The molecule has 3 atom stereocenters. The zero-order valence-electron chi connectivity index (χ0n) is 18.5. The minimum absolute atomic E-state index is 0.233. The van der Waals surface area contributed by atoms with Crippen LogP contribution in [0.15, 0.2) is 18.2 Å². The van der Waals surface area contributed by atoms with E-state index in [1.54, 1.807) is 0 Å². The Morgan fingerprint density at radius 1 is 1.22 bits per heavy atom. The number of nitrogens with one attached hydrogen (secondary N) is 1. The van der Waals surface area contributed by atoms with Gasteiger partial charge in [-0.1, -0.05) is 23.8 Å². The number of halogens is 3. The van der Waals surface area contributed by atoms with E-state index in [4.69, 9.17) is 14.6 Å². The molecule has 1 aliphatic carbocycles. The van der Waals surface area contributed by atoms with Gasteiger partial charge in [-0.25, -0.2) is 4.79 Å². The summed E-state index contributed by atoms with van der Waals surface area (Å²) < 4.78 is 37.8. The van der Waals surface area contributed by atoms with Gasteiger partial charge in [0.15, 0.2) is 0 Å². The summed E-state index contributed by atoms with van der Waals surface area (Å²) in [5, 5.41) is 10.3. The molecule has 0 radical (unpaired) electrons. The number of aryl methyl sites for hydroxylation is 2. The highest BCUT2D eigenvalue weighted by atomic mass is 19.4. The van der Waals surface area contributed by atoms with Crippen LogP contribution in [0.2, 0.25) is 0 Å². The van der Waals surface area contributed by atoms with Crippen molar-refractivity contribution >= 4 is 11.9 Å². The van der Waals surface area contributed by atoms with Gasteiger partial charge in [0.05, 0.1) is 12.7 Å². The van der Waals surface area contributed by atoms with E-state index in [9.17, 15) is 18.0 Å². The number of hydrogen-bond donors (Lipinski definition) is 2. The Morgan fingerprint density at radius 2 is 1.91 bits per heavy atom. The summed E-state index contributed by atoms with van der Waals surface area (Å²) in [5.41, 5.74) is 4.12. The van der Waals surface area contributed by atoms with Crippen molar-refractivity contribution < 1.29 is 32.6 Å². The van der Waals surface area contributed by atoms with Gasteiger partial charge in [-0.05, 0) is 43.7 Å². The number of carboxylic acid groups (broad SMARTS) is 1. The number of benzene rings is 1. The predicted molar refractivity (Wildman–Crippen MR) is 112 cm³/mol. The van der Waals surface area contributed by atoms with E-state index >= 15 is 0 Å². The van der Waals surface area contributed by atoms with Gasteiger partial charge >= 0.3 is 12.1 Å². The quantitative estimate of drug-likeness (QED) is 0.687. The Balaban J connectivity index is 0.000000360. The second-order valence-electron chi connectivity index (χ2n) is 9.17. The molecule has 32 heavy (non-hydrogen) atoms. The lowest BCUT2D eigenvalue weighted by atomic mass is 9.93. The number of hydrogen-bond acceptors (Lipinski definition) is 4. The molecule has 2 heterocycles. The Kier molecular flexibility index (Phi) is 7.82. The lowest BCUT2D eigenvalue weighted by Gasteiger charge is -2.21. The van der Waals surface area contributed by atoms with Crippen molar-refractivity contribution in [2.75, 3.05) is 26.2 Å². The summed E-state index contributed by atoms with van der Waals surface area (Å²) in [6.07, 6.45) is -1.55. The molecule has 0 spiro atoms. The Labute approximate surface area is 186 Å². The number of alkyl halides is 3. The van der Waals surface area contributed by atoms with E-state index in [2.05, 4.69) is 42.3 Å². The molecule has 178 valence electrons. The summed E-state index contributed by atoms with van der Waals surface area (Å²) in [4.78, 5) is 23.4. The van der Waals surface area contributed by atoms with Gasteiger partial charge in [-0.15, -0.1) is 0 Å². The number of rotatable bonds is 6. The van der Waals surface area contributed by atoms with Gasteiger partial charge in [-0.2, -0.15) is 13.2 Å². The predicted octanol–water partition coefficient (Wildman–Crippen LogP) is 3.30. The fraction of sp³-hybridized carbons (Fsp3) is 0.652. The van der Waals surface area contributed by atoms with Crippen LogP contribution in [0.3, 0.4) is 0 Å². The highest BCUT2D eigenvalue weighted by Gasteiger charge is 2.43. The lowest BCUT2D eigenvalue weighted by molar-refractivity contribution is -0.192. The van der Waals surface area contributed by atoms with Crippen LogP contribution in [0, 0.1) is 31.6 Å². The van der Waals surface area contributed by atoms with Crippen LogP contribution in [-0.4, -0.2) is 60.4 Å². The molecular weight excluding hydrogens is 425 g/mol. The van der Waals surface area contributed by atoms with E-state index in [0.29, 0.717) is 23.9 Å². The van der Waals surface area contributed by atoms with E-state index in [0.717, 1.165) is 39.2 Å². The molecule has 4 rings (SSSR count). The van der Waals surface area contributed by atoms with Crippen molar-refractivity contribution in [3.8, 4) is 0 Å². The number of ether oxygens (including phenoxy) is 1. The summed E-state index contributed by atoms with van der Waals surface area (Å²) in [6, 6.07) is 6.71. The maximum atomic E-state index is 12.0. The average Bonchev–Trinajstić information content (AvgIpc) is 3.30. The van der Waals surface area contributed by atoms with Crippen LogP contribution < -0.4 is 5.32 Å². The Morgan fingerprint density at radius 3 is 2.53 bits per heavy atom. The molecule has 6 nitrogen and oxygen atoms in total. The molecule has 1 saturated carbocycles. The van der Waals surface area contributed by atoms with Crippen molar-refractivity contribution in [2.45, 2.75) is 51.9 Å².